The third-order valence-corrected chi connectivity index (χ3v) is 12.0. The fourth-order valence-corrected chi connectivity index (χ4v) is 8.75. The largest absolute Gasteiger partial charge is 0.245 e. The molecule has 4 heteroatoms. The zero-order valence-electron chi connectivity index (χ0n) is 33.0. The van der Waals surface area contributed by atoms with E-state index in [2.05, 4.69) is 195 Å². The molecule has 0 saturated carbocycles. The van der Waals surface area contributed by atoms with Gasteiger partial charge >= 0.3 is 0 Å². The zero-order chi connectivity index (χ0) is 40.0. The molecule has 1 atom stereocenters. The van der Waals surface area contributed by atoms with Crippen LogP contribution in [-0.4, -0.2) is 19.9 Å². The third kappa shape index (κ3) is 6.09. The Morgan fingerprint density at radius 1 is 0.283 bits per heavy atom. The van der Waals surface area contributed by atoms with Gasteiger partial charge in [-0.25, -0.2) is 19.9 Å². The van der Waals surface area contributed by atoms with Crippen LogP contribution in [0.15, 0.2) is 212 Å². The Balaban J connectivity index is 1.02. The number of aromatic nitrogens is 4. The summed E-state index contributed by atoms with van der Waals surface area (Å²) in [7, 11) is 0. The predicted octanol–water partition coefficient (Wildman–Crippen LogP) is 13.9. The molecule has 0 aliphatic rings. The first kappa shape index (κ1) is 35.4. The van der Waals surface area contributed by atoms with Gasteiger partial charge in [0.2, 0.25) is 0 Å². The number of rotatable bonds is 7. The molecule has 0 bridgehead atoms. The van der Waals surface area contributed by atoms with Gasteiger partial charge in [0.05, 0.1) is 44.8 Å². The maximum atomic E-state index is 5.42. The van der Waals surface area contributed by atoms with E-state index < -0.39 is 5.41 Å². The Morgan fingerprint density at radius 2 is 0.617 bits per heavy atom. The molecule has 7 aromatic carbocycles. The van der Waals surface area contributed by atoms with Crippen molar-refractivity contribution < 1.29 is 0 Å². The molecular weight excluding hydrogens is 729 g/mol. The van der Waals surface area contributed by atoms with E-state index in [0.717, 1.165) is 88.6 Å². The molecule has 60 heavy (non-hydrogen) atoms. The average Bonchev–Trinajstić information content (AvgIpc) is 3.34. The van der Waals surface area contributed by atoms with Crippen molar-refractivity contribution in [3.63, 3.8) is 0 Å². The minimum Gasteiger partial charge on any atom is -0.245 e. The summed E-state index contributed by atoms with van der Waals surface area (Å²) in [5, 5.41) is 4.26. The SMILES string of the molecule is CC(c1ccccc1)(c1ccc(-c2ccc3ccc4ccc(-c5ccccc5)nc4c3n2)cc1)c1ccccc1-c1ccc2ccc3ccc(-c4ccccc4)nc3c2n1. The van der Waals surface area contributed by atoms with Gasteiger partial charge in [-0.15, -0.1) is 0 Å². The lowest BCUT2D eigenvalue weighted by Gasteiger charge is -2.34. The molecule has 0 radical (unpaired) electrons. The molecule has 0 spiro atoms. The van der Waals surface area contributed by atoms with Gasteiger partial charge in [0.15, 0.2) is 0 Å². The van der Waals surface area contributed by atoms with Gasteiger partial charge in [-0.1, -0.05) is 188 Å². The van der Waals surface area contributed by atoms with Crippen LogP contribution in [0.5, 0.6) is 0 Å². The molecular formula is C56H38N4. The lowest BCUT2D eigenvalue weighted by molar-refractivity contribution is 0.694. The van der Waals surface area contributed by atoms with Crippen molar-refractivity contribution >= 4 is 43.6 Å². The minimum absolute atomic E-state index is 0.519. The van der Waals surface area contributed by atoms with Crippen LogP contribution >= 0.6 is 0 Å². The van der Waals surface area contributed by atoms with Crippen LogP contribution in [0.25, 0.3) is 88.6 Å². The summed E-state index contributed by atoms with van der Waals surface area (Å²) in [5.74, 6) is 0. The van der Waals surface area contributed by atoms with E-state index in [-0.39, 0.29) is 0 Å². The molecule has 0 amide bonds. The number of benzene rings is 7. The highest BCUT2D eigenvalue weighted by Gasteiger charge is 2.34. The fourth-order valence-electron chi connectivity index (χ4n) is 8.75. The molecule has 11 aromatic rings. The lowest BCUT2D eigenvalue weighted by atomic mass is 9.69. The highest BCUT2D eigenvalue weighted by atomic mass is 14.8. The fraction of sp³-hybridized carbons (Fsp3) is 0.0357. The van der Waals surface area contributed by atoms with E-state index in [1.165, 1.54) is 16.7 Å². The first-order valence-electron chi connectivity index (χ1n) is 20.4. The second-order valence-corrected chi connectivity index (χ2v) is 15.5. The monoisotopic (exact) mass is 766 g/mol. The molecule has 1 unspecified atom stereocenters. The van der Waals surface area contributed by atoms with Gasteiger partial charge in [0.1, 0.15) is 0 Å². The van der Waals surface area contributed by atoms with E-state index in [4.69, 9.17) is 19.9 Å². The van der Waals surface area contributed by atoms with Crippen molar-refractivity contribution in [3.05, 3.63) is 229 Å². The molecule has 4 heterocycles. The van der Waals surface area contributed by atoms with E-state index >= 15 is 0 Å². The van der Waals surface area contributed by atoms with Crippen LogP contribution in [0, 0.1) is 0 Å². The molecule has 0 aliphatic heterocycles. The molecule has 0 aliphatic carbocycles. The second kappa shape index (κ2) is 14.5. The highest BCUT2D eigenvalue weighted by Crippen LogP contribution is 2.44. The van der Waals surface area contributed by atoms with Crippen LogP contribution in [0.2, 0.25) is 0 Å². The molecule has 0 N–H and O–H groups in total. The number of fused-ring (bicyclic) bond motifs is 6. The molecule has 4 nitrogen and oxygen atoms in total. The number of pyridine rings is 4. The zero-order valence-corrected chi connectivity index (χ0v) is 33.0. The maximum Gasteiger partial charge on any atom is 0.0972 e. The van der Waals surface area contributed by atoms with E-state index in [1.807, 2.05) is 24.3 Å². The molecule has 11 rings (SSSR count). The Labute approximate surface area is 348 Å². The Hall–Kier alpha value is -7.82. The van der Waals surface area contributed by atoms with Crippen LogP contribution in [0.1, 0.15) is 23.6 Å². The number of nitrogens with zero attached hydrogens (tertiary/aromatic N) is 4. The van der Waals surface area contributed by atoms with Gasteiger partial charge in [-0.3, -0.25) is 0 Å². The predicted molar refractivity (Wildman–Crippen MR) is 248 cm³/mol. The van der Waals surface area contributed by atoms with Crippen LogP contribution < -0.4 is 0 Å². The maximum absolute atomic E-state index is 5.42. The first-order chi connectivity index (χ1) is 29.6. The van der Waals surface area contributed by atoms with Crippen molar-refractivity contribution in [1.82, 2.24) is 19.9 Å². The van der Waals surface area contributed by atoms with Gasteiger partial charge in [-0.2, -0.15) is 0 Å². The minimum atomic E-state index is -0.519. The van der Waals surface area contributed by atoms with Crippen molar-refractivity contribution in [3.8, 4) is 45.0 Å². The summed E-state index contributed by atoms with van der Waals surface area (Å²) in [6.07, 6.45) is 0. The Morgan fingerprint density at radius 3 is 1.08 bits per heavy atom. The normalized spacial score (nSPS) is 12.6. The van der Waals surface area contributed by atoms with E-state index in [9.17, 15) is 0 Å². The summed E-state index contributed by atoms with van der Waals surface area (Å²) in [6.45, 7) is 2.33. The number of hydrogen-bond donors (Lipinski definition) is 0. The van der Waals surface area contributed by atoms with Crippen molar-refractivity contribution in [1.29, 1.82) is 0 Å². The van der Waals surface area contributed by atoms with Gasteiger partial charge < -0.3 is 0 Å². The molecule has 282 valence electrons. The van der Waals surface area contributed by atoms with Crippen molar-refractivity contribution in [2.75, 3.05) is 0 Å². The van der Waals surface area contributed by atoms with Crippen LogP contribution in [-0.2, 0) is 5.41 Å². The van der Waals surface area contributed by atoms with E-state index in [1.54, 1.807) is 0 Å². The van der Waals surface area contributed by atoms with Crippen molar-refractivity contribution in [2.24, 2.45) is 0 Å². The summed E-state index contributed by atoms with van der Waals surface area (Å²) in [4.78, 5) is 21.0. The topological polar surface area (TPSA) is 51.6 Å². The molecule has 0 saturated heterocycles. The standard InChI is InChI=1S/C56H38N4/c1-56(44-17-9-4-10-18-44,45-31-25-39(26-32-45)50-35-29-41-22-21-40-27-33-48(37-13-5-2-6-14-37)57-52(40)53(41)59-50)47-20-12-11-19-46(47)51-36-30-43-24-23-42-28-34-49(38-15-7-3-8-16-38)58-54(42)55(43)60-51/h2-36H,1H3. The van der Waals surface area contributed by atoms with Gasteiger partial charge in [0.25, 0.3) is 0 Å². The third-order valence-electron chi connectivity index (χ3n) is 12.0. The van der Waals surface area contributed by atoms with Crippen molar-refractivity contribution in [2.45, 2.75) is 12.3 Å². The summed E-state index contributed by atoms with van der Waals surface area (Å²) >= 11 is 0. The first-order valence-corrected chi connectivity index (χ1v) is 20.4. The Kier molecular flexibility index (Phi) is 8.56. The lowest BCUT2D eigenvalue weighted by Crippen LogP contribution is -2.26. The summed E-state index contributed by atoms with van der Waals surface area (Å²) in [5.41, 5.74) is 14.6. The Bertz CT molecular complexity index is 3370. The smallest absolute Gasteiger partial charge is 0.0972 e. The average molecular weight is 767 g/mol. The summed E-state index contributed by atoms with van der Waals surface area (Å²) in [6, 6.07) is 74.7. The van der Waals surface area contributed by atoms with Gasteiger partial charge in [0, 0.05) is 49.2 Å². The molecule has 0 fully saturated rings. The molecule has 4 aromatic heterocycles. The van der Waals surface area contributed by atoms with Crippen LogP contribution in [0.4, 0.5) is 0 Å². The van der Waals surface area contributed by atoms with Gasteiger partial charge in [-0.05, 0) is 47.9 Å². The van der Waals surface area contributed by atoms with E-state index in [0.29, 0.717) is 0 Å². The van der Waals surface area contributed by atoms with Crippen LogP contribution in [0.3, 0.4) is 0 Å². The second-order valence-electron chi connectivity index (χ2n) is 15.5. The highest BCUT2D eigenvalue weighted by molar-refractivity contribution is 6.05. The summed E-state index contributed by atoms with van der Waals surface area (Å²) < 4.78 is 0. The quantitative estimate of drug-likeness (QED) is 0.120. The number of hydrogen-bond acceptors (Lipinski definition) is 4.